The van der Waals surface area contributed by atoms with Gasteiger partial charge in [-0.25, -0.2) is 14.8 Å². The summed E-state index contributed by atoms with van der Waals surface area (Å²) in [5, 5.41) is 3.40. The first-order valence-corrected chi connectivity index (χ1v) is 13.3. The van der Waals surface area contributed by atoms with E-state index in [1.807, 2.05) is 72.8 Å². The van der Waals surface area contributed by atoms with Crippen LogP contribution in [0.3, 0.4) is 0 Å². The molecule has 7 heteroatoms. The summed E-state index contributed by atoms with van der Waals surface area (Å²) in [6.45, 7) is 0. The van der Waals surface area contributed by atoms with Crippen molar-refractivity contribution in [1.29, 1.82) is 0 Å². The summed E-state index contributed by atoms with van der Waals surface area (Å²) in [6, 6.07) is 37.8. The Labute approximate surface area is 236 Å². The number of hydroxylamine groups is 1. The molecule has 0 bridgehead atoms. The SMILES string of the molecule is O=C(Oc1ccc([C@H]2[C@H]3C(=O)N(c4cccc5ccccc45)C(=O)[C@H]3ON2c2ccccc2)cc1)c1ccccc1. The molecule has 5 aromatic carbocycles. The zero-order chi connectivity index (χ0) is 27.9. The fourth-order valence-corrected chi connectivity index (χ4v) is 5.67. The van der Waals surface area contributed by atoms with Crippen LogP contribution < -0.4 is 14.7 Å². The summed E-state index contributed by atoms with van der Waals surface area (Å²) in [7, 11) is 0. The molecule has 2 heterocycles. The van der Waals surface area contributed by atoms with Crippen LogP contribution in [0.5, 0.6) is 5.75 Å². The number of carbonyl (C=O) groups excluding carboxylic acids is 3. The van der Waals surface area contributed by atoms with E-state index in [-0.39, 0.29) is 5.91 Å². The molecule has 41 heavy (non-hydrogen) atoms. The van der Waals surface area contributed by atoms with E-state index in [2.05, 4.69) is 0 Å². The van der Waals surface area contributed by atoms with Gasteiger partial charge in [0.2, 0.25) is 5.91 Å². The second-order valence-corrected chi connectivity index (χ2v) is 9.99. The van der Waals surface area contributed by atoms with E-state index >= 15 is 0 Å². The van der Waals surface area contributed by atoms with Crippen molar-refractivity contribution >= 4 is 39.9 Å². The molecule has 2 saturated heterocycles. The van der Waals surface area contributed by atoms with E-state index in [9.17, 15) is 14.4 Å². The van der Waals surface area contributed by atoms with E-state index in [0.717, 1.165) is 22.0 Å². The Bertz CT molecular complexity index is 1770. The molecule has 0 unspecified atom stereocenters. The number of hydrogen-bond donors (Lipinski definition) is 0. The molecule has 2 aliphatic heterocycles. The molecule has 0 aromatic heterocycles. The lowest BCUT2D eigenvalue weighted by Gasteiger charge is -2.29. The number of hydrogen-bond acceptors (Lipinski definition) is 6. The largest absolute Gasteiger partial charge is 0.423 e. The van der Waals surface area contributed by atoms with Gasteiger partial charge in [-0.1, -0.05) is 84.9 Å². The first-order valence-electron chi connectivity index (χ1n) is 13.3. The molecule has 3 atom stereocenters. The van der Waals surface area contributed by atoms with Crippen molar-refractivity contribution in [2.45, 2.75) is 12.1 Å². The van der Waals surface area contributed by atoms with Gasteiger partial charge in [0.05, 0.1) is 23.0 Å². The highest BCUT2D eigenvalue weighted by Crippen LogP contribution is 2.48. The molecule has 2 aliphatic rings. The molecular weight excluding hydrogens is 516 g/mol. The maximum absolute atomic E-state index is 14.1. The highest BCUT2D eigenvalue weighted by atomic mass is 16.7. The van der Waals surface area contributed by atoms with Crippen LogP contribution in [0.15, 0.2) is 127 Å². The lowest BCUT2D eigenvalue weighted by molar-refractivity contribution is -0.126. The zero-order valence-electron chi connectivity index (χ0n) is 21.8. The molecule has 7 nitrogen and oxygen atoms in total. The molecule has 0 spiro atoms. The number of nitrogens with zero attached hydrogens (tertiary/aromatic N) is 2. The molecule has 0 N–H and O–H groups in total. The van der Waals surface area contributed by atoms with Gasteiger partial charge < -0.3 is 4.74 Å². The maximum atomic E-state index is 14.1. The molecular formula is C34H24N2O5. The van der Waals surface area contributed by atoms with E-state index in [4.69, 9.17) is 9.57 Å². The number of imide groups is 1. The van der Waals surface area contributed by atoms with Gasteiger partial charge in [-0.2, -0.15) is 0 Å². The summed E-state index contributed by atoms with van der Waals surface area (Å²) < 4.78 is 5.56. The van der Waals surface area contributed by atoms with Gasteiger partial charge in [-0.3, -0.25) is 14.4 Å². The summed E-state index contributed by atoms with van der Waals surface area (Å²) in [5.74, 6) is -1.58. The van der Waals surface area contributed by atoms with Crippen molar-refractivity contribution in [3.8, 4) is 5.75 Å². The van der Waals surface area contributed by atoms with Crippen molar-refractivity contribution in [3.63, 3.8) is 0 Å². The van der Waals surface area contributed by atoms with E-state index in [1.165, 1.54) is 4.90 Å². The first-order chi connectivity index (χ1) is 20.1. The average Bonchev–Trinajstić information content (AvgIpc) is 3.53. The van der Waals surface area contributed by atoms with Crippen LogP contribution in [0.1, 0.15) is 22.0 Å². The Morgan fingerprint density at radius 1 is 0.683 bits per heavy atom. The van der Waals surface area contributed by atoms with Crippen LogP contribution in [0.2, 0.25) is 0 Å². The molecule has 0 saturated carbocycles. The molecule has 0 aliphatic carbocycles. The highest BCUT2D eigenvalue weighted by Gasteiger charge is 2.60. The lowest BCUT2D eigenvalue weighted by atomic mass is 9.90. The van der Waals surface area contributed by atoms with E-state index in [1.54, 1.807) is 59.7 Å². The van der Waals surface area contributed by atoms with Crippen molar-refractivity contribution < 1.29 is 24.0 Å². The fourth-order valence-electron chi connectivity index (χ4n) is 5.67. The molecule has 200 valence electrons. The molecule has 2 fully saturated rings. The Balaban J connectivity index is 1.24. The smallest absolute Gasteiger partial charge is 0.343 e. The van der Waals surface area contributed by atoms with Crippen molar-refractivity contribution in [2.24, 2.45) is 5.92 Å². The highest BCUT2D eigenvalue weighted by molar-refractivity contribution is 6.26. The number of para-hydroxylation sites is 1. The van der Waals surface area contributed by atoms with Gasteiger partial charge >= 0.3 is 5.97 Å². The number of ether oxygens (including phenoxy) is 1. The number of fused-ring (bicyclic) bond motifs is 2. The summed E-state index contributed by atoms with van der Waals surface area (Å²) in [4.78, 5) is 48.0. The van der Waals surface area contributed by atoms with Crippen LogP contribution in [-0.4, -0.2) is 23.9 Å². The minimum Gasteiger partial charge on any atom is -0.423 e. The average molecular weight is 541 g/mol. The molecule has 7 rings (SSSR count). The van der Waals surface area contributed by atoms with Gasteiger partial charge in [0, 0.05) is 5.39 Å². The Kier molecular flexibility index (Phi) is 6.06. The molecule has 2 amide bonds. The summed E-state index contributed by atoms with van der Waals surface area (Å²) >= 11 is 0. The predicted molar refractivity (Wildman–Crippen MR) is 154 cm³/mol. The first kappa shape index (κ1) is 24.7. The second kappa shape index (κ2) is 10.0. The van der Waals surface area contributed by atoms with Crippen LogP contribution in [0.4, 0.5) is 11.4 Å². The van der Waals surface area contributed by atoms with Gasteiger partial charge in [0.1, 0.15) is 11.7 Å². The zero-order valence-corrected chi connectivity index (χ0v) is 21.8. The predicted octanol–water partition coefficient (Wildman–Crippen LogP) is 6.11. The van der Waals surface area contributed by atoms with Crippen molar-refractivity contribution in [1.82, 2.24) is 0 Å². The molecule has 5 aromatic rings. The third kappa shape index (κ3) is 4.23. The number of anilines is 2. The minimum atomic E-state index is -0.984. The lowest BCUT2D eigenvalue weighted by Crippen LogP contribution is -2.37. The number of esters is 1. The number of carbonyl (C=O) groups is 3. The van der Waals surface area contributed by atoms with Crippen LogP contribution >= 0.6 is 0 Å². The maximum Gasteiger partial charge on any atom is 0.343 e. The molecule has 0 radical (unpaired) electrons. The third-order valence-corrected chi connectivity index (χ3v) is 7.58. The number of amides is 2. The standard InChI is InChI=1S/C34H24N2O5/c37-32-29-30(23-18-20-26(21-19-23)40-34(39)24-11-3-1-4-12-24)36(25-14-5-2-6-15-25)41-31(29)33(38)35(32)28-17-9-13-22-10-7-8-16-27(22)28/h1-21,29-31H/t29-,30+,31+/m1/s1. The van der Waals surface area contributed by atoms with Crippen molar-refractivity contribution in [3.05, 3.63) is 139 Å². The van der Waals surface area contributed by atoms with E-state index in [0.29, 0.717) is 17.0 Å². The summed E-state index contributed by atoms with van der Waals surface area (Å²) in [6.07, 6.45) is -0.984. The minimum absolute atomic E-state index is 0.320. The number of rotatable bonds is 5. The van der Waals surface area contributed by atoms with Crippen molar-refractivity contribution in [2.75, 3.05) is 9.96 Å². The normalized spacial score (nSPS) is 20.0. The van der Waals surface area contributed by atoms with E-state index < -0.39 is 29.9 Å². The quantitative estimate of drug-likeness (QED) is 0.152. The van der Waals surface area contributed by atoms with Gasteiger partial charge in [-0.05, 0) is 53.4 Å². The second-order valence-electron chi connectivity index (χ2n) is 9.99. The topological polar surface area (TPSA) is 76.2 Å². The third-order valence-electron chi connectivity index (χ3n) is 7.58. The Morgan fingerprint density at radius 2 is 1.34 bits per heavy atom. The Morgan fingerprint density at radius 3 is 2.10 bits per heavy atom. The van der Waals surface area contributed by atoms with Gasteiger partial charge in [0.25, 0.3) is 5.91 Å². The number of benzene rings is 5. The van der Waals surface area contributed by atoms with Crippen LogP contribution in [-0.2, 0) is 14.4 Å². The van der Waals surface area contributed by atoms with Gasteiger partial charge in [0.15, 0.2) is 6.10 Å². The Hall–Kier alpha value is -5.27. The monoisotopic (exact) mass is 540 g/mol. The van der Waals surface area contributed by atoms with Gasteiger partial charge in [-0.15, -0.1) is 0 Å². The summed E-state index contributed by atoms with van der Waals surface area (Å²) in [5.41, 5.74) is 2.47. The van der Waals surface area contributed by atoms with Crippen LogP contribution in [0.25, 0.3) is 10.8 Å². The fraction of sp³-hybridized carbons (Fsp3) is 0.0882. The van der Waals surface area contributed by atoms with Crippen LogP contribution in [0, 0.1) is 5.92 Å².